The summed E-state index contributed by atoms with van der Waals surface area (Å²) in [4.78, 5) is 12.5. The summed E-state index contributed by atoms with van der Waals surface area (Å²) in [6, 6.07) is 27.3. The molecule has 0 spiro atoms. The molecule has 0 fully saturated rings. The number of carbonyl (C=O) groups excluding carboxylic acids is 1. The van der Waals surface area contributed by atoms with Gasteiger partial charge >= 0.3 is 0 Å². The maximum absolute atomic E-state index is 12.5. The zero-order valence-corrected chi connectivity index (χ0v) is 18.6. The summed E-state index contributed by atoms with van der Waals surface area (Å²) >= 11 is 1.35. The molecule has 8 heteroatoms. The third-order valence-corrected chi connectivity index (χ3v) is 6.04. The Bertz CT molecular complexity index is 1230. The molecule has 33 heavy (non-hydrogen) atoms. The lowest BCUT2D eigenvalue weighted by Gasteiger charge is -2.26. The van der Waals surface area contributed by atoms with E-state index in [1.807, 2.05) is 89.5 Å². The van der Waals surface area contributed by atoms with Crippen molar-refractivity contribution in [3.63, 3.8) is 0 Å². The number of aromatic nitrogens is 3. The molecule has 1 aromatic heterocycles. The SMILES string of the molecule is O=C(CSc1nnc(-c2ccccc2)n1-c1ccccc1)NC[C@@H]1COc2ccccc2O1. The molecule has 1 N–H and O–H groups in total. The molecule has 2 heterocycles. The van der Waals surface area contributed by atoms with E-state index in [0.717, 1.165) is 22.8 Å². The molecule has 0 bridgehead atoms. The maximum Gasteiger partial charge on any atom is 0.230 e. The van der Waals surface area contributed by atoms with Crippen molar-refractivity contribution < 1.29 is 14.3 Å². The number of rotatable bonds is 7. The molecule has 5 rings (SSSR count). The van der Waals surface area contributed by atoms with Crippen molar-refractivity contribution in [2.75, 3.05) is 18.9 Å². The highest BCUT2D eigenvalue weighted by molar-refractivity contribution is 7.99. The van der Waals surface area contributed by atoms with Crippen LogP contribution in [0.2, 0.25) is 0 Å². The predicted molar refractivity (Wildman–Crippen MR) is 127 cm³/mol. The first-order valence-electron chi connectivity index (χ1n) is 10.6. The van der Waals surface area contributed by atoms with E-state index in [1.54, 1.807) is 0 Å². The monoisotopic (exact) mass is 458 g/mol. The van der Waals surface area contributed by atoms with Crippen molar-refractivity contribution in [2.45, 2.75) is 11.3 Å². The van der Waals surface area contributed by atoms with Crippen molar-refractivity contribution >= 4 is 17.7 Å². The van der Waals surface area contributed by atoms with E-state index in [-0.39, 0.29) is 17.8 Å². The number of ether oxygens (including phenoxy) is 2. The van der Waals surface area contributed by atoms with Crippen LogP contribution in [-0.4, -0.2) is 45.7 Å². The van der Waals surface area contributed by atoms with Crippen molar-refractivity contribution in [2.24, 2.45) is 0 Å². The van der Waals surface area contributed by atoms with Crippen LogP contribution in [0.1, 0.15) is 0 Å². The van der Waals surface area contributed by atoms with Crippen LogP contribution >= 0.6 is 11.8 Å². The van der Waals surface area contributed by atoms with Crippen LogP contribution in [0.5, 0.6) is 11.5 Å². The van der Waals surface area contributed by atoms with E-state index in [4.69, 9.17) is 9.47 Å². The Morgan fingerprint density at radius 2 is 1.64 bits per heavy atom. The number of benzene rings is 3. The van der Waals surface area contributed by atoms with Gasteiger partial charge in [-0.3, -0.25) is 9.36 Å². The van der Waals surface area contributed by atoms with Gasteiger partial charge < -0.3 is 14.8 Å². The quantitative estimate of drug-likeness (QED) is 0.422. The number of nitrogens with zero attached hydrogens (tertiary/aromatic N) is 3. The molecule has 1 amide bonds. The van der Waals surface area contributed by atoms with E-state index in [1.165, 1.54) is 11.8 Å². The van der Waals surface area contributed by atoms with E-state index < -0.39 is 0 Å². The third kappa shape index (κ3) is 4.85. The van der Waals surface area contributed by atoms with Gasteiger partial charge in [0.15, 0.2) is 22.5 Å². The predicted octanol–water partition coefficient (Wildman–Crippen LogP) is 3.98. The fraction of sp³-hybridized carbons (Fsp3) is 0.160. The third-order valence-electron chi connectivity index (χ3n) is 5.11. The minimum absolute atomic E-state index is 0.105. The van der Waals surface area contributed by atoms with Gasteiger partial charge in [0.25, 0.3) is 0 Å². The van der Waals surface area contributed by atoms with Crippen LogP contribution < -0.4 is 14.8 Å². The Balaban J connectivity index is 1.24. The lowest BCUT2D eigenvalue weighted by Crippen LogP contribution is -2.41. The Morgan fingerprint density at radius 3 is 2.42 bits per heavy atom. The van der Waals surface area contributed by atoms with Gasteiger partial charge in [-0.1, -0.05) is 72.4 Å². The lowest BCUT2D eigenvalue weighted by molar-refractivity contribution is -0.119. The van der Waals surface area contributed by atoms with Crippen LogP contribution in [0, 0.1) is 0 Å². The number of hydrogen-bond acceptors (Lipinski definition) is 6. The number of thioether (sulfide) groups is 1. The van der Waals surface area contributed by atoms with E-state index in [9.17, 15) is 4.79 Å². The molecule has 3 aromatic carbocycles. The van der Waals surface area contributed by atoms with Crippen LogP contribution in [0.3, 0.4) is 0 Å². The summed E-state index contributed by atoms with van der Waals surface area (Å²) in [5.41, 5.74) is 1.90. The Morgan fingerprint density at radius 1 is 0.939 bits per heavy atom. The summed E-state index contributed by atoms with van der Waals surface area (Å²) in [7, 11) is 0. The fourth-order valence-electron chi connectivity index (χ4n) is 3.52. The van der Waals surface area contributed by atoms with Crippen molar-refractivity contribution in [1.29, 1.82) is 0 Å². The molecule has 0 aliphatic carbocycles. The van der Waals surface area contributed by atoms with Gasteiger partial charge in [-0.15, -0.1) is 10.2 Å². The van der Waals surface area contributed by atoms with Crippen molar-refractivity contribution in [3.8, 4) is 28.6 Å². The van der Waals surface area contributed by atoms with Gasteiger partial charge in [0.1, 0.15) is 12.7 Å². The van der Waals surface area contributed by atoms with Gasteiger partial charge in [-0.25, -0.2) is 0 Å². The summed E-state index contributed by atoms with van der Waals surface area (Å²) in [5.74, 6) is 2.26. The molecule has 1 aliphatic rings. The molecule has 0 saturated carbocycles. The standard InChI is InChI=1S/C25H22N4O3S/c30-23(26-15-20-16-31-21-13-7-8-14-22(21)32-20)17-33-25-28-27-24(18-9-3-1-4-10-18)29(25)19-11-5-2-6-12-19/h1-14,20H,15-17H2,(H,26,30)/t20-/m1/s1. The molecule has 4 aromatic rings. The number of nitrogens with one attached hydrogen (secondary N) is 1. The number of carbonyl (C=O) groups is 1. The summed E-state index contributed by atoms with van der Waals surface area (Å²) in [6.07, 6.45) is -0.230. The van der Waals surface area contributed by atoms with Crippen LogP contribution in [0.25, 0.3) is 17.1 Å². The first-order chi connectivity index (χ1) is 16.3. The summed E-state index contributed by atoms with van der Waals surface area (Å²) in [6.45, 7) is 0.765. The number of amides is 1. The molecular formula is C25H22N4O3S. The molecule has 166 valence electrons. The topological polar surface area (TPSA) is 78.3 Å². The van der Waals surface area contributed by atoms with Crippen molar-refractivity contribution in [3.05, 3.63) is 84.9 Å². The zero-order chi connectivity index (χ0) is 22.5. The fourth-order valence-corrected chi connectivity index (χ4v) is 4.30. The van der Waals surface area contributed by atoms with Crippen molar-refractivity contribution in [1.82, 2.24) is 20.1 Å². The number of para-hydroxylation sites is 3. The molecule has 1 aliphatic heterocycles. The maximum atomic E-state index is 12.5. The molecular weight excluding hydrogens is 436 g/mol. The Labute approximate surface area is 195 Å². The summed E-state index contributed by atoms with van der Waals surface area (Å²) in [5, 5.41) is 12.4. The van der Waals surface area contributed by atoms with E-state index in [2.05, 4.69) is 15.5 Å². The minimum Gasteiger partial charge on any atom is -0.486 e. The summed E-state index contributed by atoms with van der Waals surface area (Å²) < 4.78 is 13.6. The largest absolute Gasteiger partial charge is 0.486 e. The second-order valence-corrected chi connectivity index (χ2v) is 8.38. The average Bonchev–Trinajstić information content (AvgIpc) is 3.31. The Kier molecular flexibility index (Phi) is 6.25. The van der Waals surface area contributed by atoms with Crippen LogP contribution in [-0.2, 0) is 4.79 Å². The average molecular weight is 459 g/mol. The Hall–Kier alpha value is -3.78. The van der Waals surface area contributed by atoms with Gasteiger partial charge in [-0.2, -0.15) is 0 Å². The van der Waals surface area contributed by atoms with E-state index in [0.29, 0.717) is 24.1 Å². The molecule has 0 unspecified atom stereocenters. The molecule has 7 nitrogen and oxygen atoms in total. The first kappa shape index (κ1) is 21.1. The highest BCUT2D eigenvalue weighted by Crippen LogP contribution is 2.31. The van der Waals surface area contributed by atoms with E-state index >= 15 is 0 Å². The van der Waals surface area contributed by atoms with Gasteiger partial charge in [-0.05, 0) is 24.3 Å². The number of fused-ring (bicyclic) bond motifs is 1. The zero-order valence-electron chi connectivity index (χ0n) is 17.8. The lowest BCUT2D eigenvalue weighted by atomic mass is 10.2. The van der Waals surface area contributed by atoms with Gasteiger partial charge in [0, 0.05) is 11.3 Å². The first-order valence-corrected chi connectivity index (χ1v) is 11.6. The molecule has 0 radical (unpaired) electrons. The van der Waals surface area contributed by atoms with Crippen LogP contribution in [0.15, 0.2) is 90.1 Å². The minimum atomic E-state index is -0.230. The molecule has 0 saturated heterocycles. The second kappa shape index (κ2) is 9.79. The highest BCUT2D eigenvalue weighted by atomic mass is 32.2. The highest BCUT2D eigenvalue weighted by Gasteiger charge is 2.22. The smallest absolute Gasteiger partial charge is 0.230 e. The van der Waals surface area contributed by atoms with Gasteiger partial charge in [0.2, 0.25) is 5.91 Å². The van der Waals surface area contributed by atoms with Crippen LogP contribution in [0.4, 0.5) is 0 Å². The van der Waals surface area contributed by atoms with Gasteiger partial charge in [0.05, 0.1) is 12.3 Å². The normalized spacial score (nSPS) is 14.6. The molecule has 1 atom stereocenters. The number of hydrogen-bond donors (Lipinski definition) is 1. The second-order valence-electron chi connectivity index (χ2n) is 7.43.